The third kappa shape index (κ3) is 5.20. The fourth-order valence-corrected chi connectivity index (χ4v) is 1.76. The molecule has 96 valence electrons. The van der Waals surface area contributed by atoms with E-state index in [1.54, 1.807) is 7.11 Å². The molecule has 0 aromatic heterocycles. The van der Waals surface area contributed by atoms with Gasteiger partial charge in [-0.25, -0.2) is 0 Å². The van der Waals surface area contributed by atoms with Crippen molar-refractivity contribution in [2.24, 2.45) is 5.73 Å². The number of methoxy groups -OCH3 is 1. The minimum absolute atomic E-state index is 0.281. The van der Waals surface area contributed by atoms with Crippen LogP contribution in [0.4, 0.5) is 0 Å². The first-order valence-electron chi connectivity index (χ1n) is 6.19. The Morgan fingerprint density at radius 3 is 2.65 bits per heavy atom. The van der Waals surface area contributed by atoms with Crippen LogP contribution in [-0.4, -0.2) is 38.2 Å². The molecule has 1 rings (SSSR count). The first-order chi connectivity index (χ1) is 8.13. The van der Waals surface area contributed by atoms with E-state index < -0.39 is 0 Å². The molecule has 1 aromatic rings. The van der Waals surface area contributed by atoms with Gasteiger partial charge in [0.1, 0.15) is 5.75 Å². The molecular formula is C14H24N2O. The van der Waals surface area contributed by atoms with Gasteiger partial charge in [0, 0.05) is 12.6 Å². The van der Waals surface area contributed by atoms with Crippen LogP contribution in [0.15, 0.2) is 24.3 Å². The molecule has 0 aliphatic carbocycles. The zero-order valence-electron chi connectivity index (χ0n) is 11.1. The Kier molecular flexibility index (Phi) is 6.01. The van der Waals surface area contributed by atoms with Gasteiger partial charge in [-0.05, 0) is 45.0 Å². The summed E-state index contributed by atoms with van der Waals surface area (Å²) in [6.07, 6.45) is 2.06. The monoisotopic (exact) mass is 236 g/mol. The number of nitrogens with zero attached hydrogens (tertiary/aromatic N) is 1. The summed E-state index contributed by atoms with van der Waals surface area (Å²) in [7, 11) is 3.86. The summed E-state index contributed by atoms with van der Waals surface area (Å²) in [6.45, 7) is 4.13. The van der Waals surface area contributed by atoms with Gasteiger partial charge in [-0.1, -0.05) is 18.2 Å². The average Bonchev–Trinajstić information content (AvgIpc) is 2.34. The predicted molar refractivity (Wildman–Crippen MR) is 72.5 cm³/mol. The number of para-hydroxylation sites is 1. The molecule has 1 aromatic carbocycles. The van der Waals surface area contributed by atoms with E-state index in [2.05, 4.69) is 24.1 Å². The molecule has 1 unspecified atom stereocenters. The molecule has 3 heteroatoms. The zero-order valence-corrected chi connectivity index (χ0v) is 11.1. The fraction of sp³-hybridized carbons (Fsp3) is 0.571. The maximum Gasteiger partial charge on any atom is 0.122 e. The lowest BCUT2D eigenvalue weighted by Gasteiger charge is -2.18. The molecule has 0 spiro atoms. The number of rotatable bonds is 7. The van der Waals surface area contributed by atoms with Gasteiger partial charge in [-0.2, -0.15) is 0 Å². The van der Waals surface area contributed by atoms with Gasteiger partial charge in [-0.15, -0.1) is 0 Å². The van der Waals surface area contributed by atoms with Crippen LogP contribution in [0.1, 0.15) is 18.9 Å². The Labute approximate surface area is 105 Å². The van der Waals surface area contributed by atoms with E-state index in [4.69, 9.17) is 10.5 Å². The molecule has 0 heterocycles. The van der Waals surface area contributed by atoms with E-state index in [9.17, 15) is 0 Å². The van der Waals surface area contributed by atoms with Crippen molar-refractivity contribution in [1.82, 2.24) is 4.90 Å². The van der Waals surface area contributed by atoms with Gasteiger partial charge in [0.15, 0.2) is 0 Å². The number of benzene rings is 1. The number of likely N-dealkylation sites (N-methyl/N-ethyl adjacent to an activating group) is 1. The summed E-state index contributed by atoms with van der Waals surface area (Å²) in [4.78, 5) is 2.32. The van der Waals surface area contributed by atoms with Gasteiger partial charge >= 0.3 is 0 Å². The van der Waals surface area contributed by atoms with Gasteiger partial charge in [-0.3, -0.25) is 0 Å². The lowest BCUT2D eigenvalue weighted by Crippen LogP contribution is -2.27. The van der Waals surface area contributed by atoms with Crippen molar-refractivity contribution < 1.29 is 4.74 Å². The largest absolute Gasteiger partial charge is 0.496 e. The molecule has 1 atom stereocenters. The molecule has 0 saturated carbocycles. The molecule has 0 bridgehead atoms. The highest BCUT2D eigenvalue weighted by Gasteiger charge is 2.04. The Balaban J connectivity index is 2.39. The highest BCUT2D eigenvalue weighted by Crippen LogP contribution is 2.17. The van der Waals surface area contributed by atoms with Crippen LogP contribution < -0.4 is 10.5 Å². The molecule has 0 aliphatic rings. The number of hydrogen-bond donors (Lipinski definition) is 1. The van der Waals surface area contributed by atoms with Crippen molar-refractivity contribution in [3.8, 4) is 5.75 Å². The smallest absolute Gasteiger partial charge is 0.122 e. The molecule has 2 N–H and O–H groups in total. The van der Waals surface area contributed by atoms with E-state index in [0.29, 0.717) is 0 Å². The van der Waals surface area contributed by atoms with Crippen molar-refractivity contribution in [3.05, 3.63) is 29.8 Å². The van der Waals surface area contributed by atoms with E-state index in [-0.39, 0.29) is 6.04 Å². The molecule has 17 heavy (non-hydrogen) atoms. The van der Waals surface area contributed by atoms with Crippen molar-refractivity contribution in [2.75, 3.05) is 27.2 Å². The van der Waals surface area contributed by atoms with Gasteiger partial charge < -0.3 is 15.4 Å². The minimum atomic E-state index is 0.281. The molecule has 0 saturated heterocycles. The molecule has 0 fully saturated rings. The predicted octanol–water partition coefficient (Wildman–Crippen LogP) is 1.91. The lowest BCUT2D eigenvalue weighted by atomic mass is 10.1. The molecule has 0 amide bonds. The summed E-state index contributed by atoms with van der Waals surface area (Å²) >= 11 is 0. The molecule has 0 radical (unpaired) electrons. The average molecular weight is 236 g/mol. The van der Waals surface area contributed by atoms with Gasteiger partial charge in [0.05, 0.1) is 7.11 Å². The molecular weight excluding hydrogens is 212 g/mol. The zero-order chi connectivity index (χ0) is 12.7. The van der Waals surface area contributed by atoms with E-state index in [0.717, 1.165) is 31.7 Å². The standard InChI is InChI=1S/C14H24N2O/c1-12(15)8-10-16(2)11-9-13-6-4-5-7-14(13)17-3/h4-7,12H,8-11,15H2,1-3H3. The maximum atomic E-state index is 5.75. The topological polar surface area (TPSA) is 38.5 Å². The normalized spacial score (nSPS) is 12.8. The van der Waals surface area contributed by atoms with Crippen molar-refractivity contribution in [1.29, 1.82) is 0 Å². The summed E-state index contributed by atoms with van der Waals surface area (Å²) < 4.78 is 5.34. The van der Waals surface area contributed by atoms with Crippen LogP contribution in [0.2, 0.25) is 0 Å². The second-order valence-corrected chi connectivity index (χ2v) is 4.63. The Morgan fingerprint density at radius 2 is 2.00 bits per heavy atom. The van der Waals surface area contributed by atoms with Crippen molar-refractivity contribution in [3.63, 3.8) is 0 Å². The molecule has 0 aliphatic heterocycles. The quantitative estimate of drug-likeness (QED) is 0.786. The fourth-order valence-electron chi connectivity index (χ4n) is 1.76. The second kappa shape index (κ2) is 7.30. The summed E-state index contributed by atoms with van der Waals surface area (Å²) in [5.74, 6) is 0.980. The third-order valence-electron chi connectivity index (χ3n) is 2.92. The summed E-state index contributed by atoms with van der Waals surface area (Å²) in [5, 5.41) is 0. The Morgan fingerprint density at radius 1 is 1.29 bits per heavy atom. The van der Waals surface area contributed by atoms with Gasteiger partial charge in [0.2, 0.25) is 0 Å². The van der Waals surface area contributed by atoms with Crippen molar-refractivity contribution in [2.45, 2.75) is 25.8 Å². The molecule has 3 nitrogen and oxygen atoms in total. The van der Waals surface area contributed by atoms with E-state index >= 15 is 0 Å². The van der Waals surface area contributed by atoms with Crippen LogP contribution in [0.5, 0.6) is 5.75 Å². The minimum Gasteiger partial charge on any atom is -0.496 e. The highest BCUT2D eigenvalue weighted by atomic mass is 16.5. The lowest BCUT2D eigenvalue weighted by molar-refractivity contribution is 0.322. The maximum absolute atomic E-state index is 5.75. The first kappa shape index (κ1) is 14.0. The third-order valence-corrected chi connectivity index (χ3v) is 2.92. The number of ether oxygens (including phenoxy) is 1. The first-order valence-corrected chi connectivity index (χ1v) is 6.19. The SMILES string of the molecule is COc1ccccc1CCN(C)CCC(C)N. The Hall–Kier alpha value is -1.06. The van der Waals surface area contributed by atoms with Crippen LogP contribution in [-0.2, 0) is 6.42 Å². The van der Waals surface area contributed by atoms with Crippen LogP contribution >= 0.6 is 0 Å². The van der Waals surface area contributed by atoms with Crippen LogP contribution in [0.25, 0.3) is 0 Å². The number of hydrogen-bond acceptors (Lipinski definition) is 3. The van der Waals surface area contributed by atoms with Gasteiger partial charge in [0.25, 0.3) is 0 Å². The van der Waals surface area contributed by atoms with E-state index in [1.807, 2.05) is 19.1 Å². The van der Waals surface area contributed by atoms with Crippen LogP contribution in [0, 0.1) is 0 Å². The highest BCUT2D eigenvalue weighted by molar-refractivity contribution is 5.33. The summed E-state index contributed by atoms with van der Waals surface area (Å²) in [5.41, 5.74) is 7.01. The van der Waals surface area contributed by atoms with Crippen molar-refractivity contribution >= 4 is 0 Å². The Bertz CT molecular complexity index is 326. The second-order valence-electron chi connectivity index (χ2n) is 4.63. The van der Waals surface area contributed by atoms with E-state index in [1.165, 1.54) is 5.56 Å². The summed E-state index contributed by atoms with van der Waals surface area (Å²) in [6, 6.07) is 8.47. The number of nitrogens with two attached hydrogens (primary N) is 1. The van der Waals surface area contributed by atoms with Crippen LogP contribution in [0.3, 0.4) is 0 Å².